The van der Waals surface area contributed by atoms with Crippen molar-refractivity contribution < 1.29 is 4.39 Å². The number of hydrogen-bond acceptors (Lipinski definition) is 2. The molecule has 0 spiro atoms. The summed E-state index contributed by atoms with van der Waals surface area (Å²) in [7, 11) is 0. The molecule has 0 radical (unpaired) electrons. The van der Waals surface area contributed by atoms with Crippen LogP contribution in [0.5, 0.6) is 0 Å². The zero-order chi connectivity index (χ0) is 10.8. The first-order chi connectivity index (χ1) is 7.18. The fourth-order valence-electron chi connectivity index (χ4n) is 1.53. The fourth-order valence-corrected chi connectivity index (χ4v) is 2.27. The summed E-state index contributed by atoms with van der Waals surface area (Å²) in [5.41, 5.74) is 7.52. The molecular formula is C12H12FNS. The van der Waals surface area contributed by atoms with E-state index >= 15 is 0 Å². The van der Waals surface area contributed by atoms with Crippen LogP contribution in [-0.4, -0.2) is 0 Å². The van der Waals surface area contributed by atoms with Crippen molar-refractivity contribution in [2.75, 3.05) is 0 Å². The molecule has 0 bridgehead atoms. The van der Waals surface area contributed by atoms with Gasteiger partial charge in [-0.2, -0.15) is 0 Å². The van der Waals surface area contributed by atoms with Crippen LogP contribution >= 0.6 is 11.3 Å². The summed E-state index contributed by atoms with van der Waals surface area (Å²) in [5, 5.41) is 1.98. The highest BCUT2D eigenvalue weighted by Gasteiger charge is 2.13. The normalized spacial score (nSPS) is 12.7. The molecule has 1 aromatic carbocycles. The number of rotatable bonds is 2. The largest absolute Gasteiger partial charge is 0.320 e. The lowest BCUT2D eigenvalue weighted by Gasteiger charge is -2.10. The minimum absolute atomic E-state index is 0.242. The molecule has 1 aromatic heterocycles. The first-order valence-corrected chi connectivity index (χ1v) is 5.61. The van der Waals surface area contributed by atoms with Gasteiger partial charge in [-0.15, -0.1) is 11.3 Å². The van der Waals surface area contributed by atoms with Crippen LogP contribution in [0, 0.1) is 12.7 Å². The second-order valence-electron chi connectivity index (χ2n) is 3.49. The van der Waals surface area contributed by atoms with Crippen LogP contribution in [0.3, 0.4) is 0 Å². The fraction of sp³-hybridized carbons (Fsp3) is 0.167. The van der Waals surface area contributed by atoms with E-state index in [4.69, 9.17) is 5.73 Å². The van der Waals surface area contributed by atoms with Crippen molar-refractivity contribution in [1.29, 1.82) is 0 Å². The molecule has 0 aliphatic carbocycles. The van der Waals surface area contributed by atoms with Gasteiger partial charge in [0.05, 0.1) is 6.04 Å². The molecule has 2 rings (SSSR count). The predicted molar refractivity (Wildman–Crippen MR) is 61.5 cm³/mol. The van der Waals surface area contributed by atoms with Crippen LogP contribution < -0.4 is 5.73 Å². The van der Waals surface area contributed by atoms with Gasteiger partial charge in [0.1, 0.15) is 5.82 Å². The third-order valence-electron chi connectivity index (χ3n) is 2.35. The molecule has 2 N–H and O–H groups in total. The van der Waals surface area contributed by atoms with Crippen molar-refractivity contribution in [3.05, 3.63) is 57.5 Å². The van der Waals surface area contributed by atoms with Crippen LogP contribution in [0.1, 0.15) is 22.0 Å². The van der Waals surface area contributed by atoms with Crippen molar-refractivity contribution in [2.24, 2.45) is 5.73 Å². The minimum Gasteiger partial charge on any atom is -0.320 e. The highest BCUT2D eigenvalue weighted by molar-refractivity contribution is 7.10. The van der Waals surface area contributed by atoms with Gasteiger partial charge in [-0.05, 0) is 30.0 Å². The van der Waals surface area contributed by atoms with Crippen molar-refractivity contribution in [2.45, 2.75) is 13.0 Å². The zero-order valence-corrected chi connectivity index (χ0v) is 9.22. The van der Waals surface area contributed by atoms with Crippen molar-refractivity contribution in [3.8, 4) is 0 Å². The number of aryl methyl sites for hydroxylation is 1. The van der Waals surface area contributed by atoms with Gasteiger partial charge < -0.3 is 5.73 Å². The van der Waals surface area contributed by atoms with Gasteiger partial charge in [-0.3, -0.25) is 0 Å². The molecule has 1 heterocycles. The van der Waals surface area contributed by atoms with E-state index in [0.717, 1.165) is 5.56 Å². The van der Waals surface area contributed by atoms with Gasteiger partial charge >= 0.3 is 0 Å². The Kier molecular flexibility index (Phi) is 2.84. The summed E-state index contributed by atoms with van der Waals surface area (Å²) in [4.78, 5) is 1.19. The molecule has 0 fully saturated rings. The van der Waals surface area contributed by atoms with Gasteiger partial charge in [0, 0.05) is 10.4 Å². The van der Waals surface area contributed by atoms with Crippen LogP contribution in [0.25, 0.3) is 0 Å². The number of halogens is 1. The smallest absolute Gasteiger partial charge is 0.128 e. The van der Waals surface area contributed by atoms with E-state index in [9.17, 15) is 4.39 Å². The van der Waals surface area contributed by atoms with Gasteiger partial charge in [0.25, 0.3) is 0 Å². The van der Waals surface area contributed by atoms with E-state index in [1.165, 1.54) is 10.9 Å². The summed E-state index contributed by atoms with van der Waals surface area (Å²) in [6.07, 6.45) is 0. The van der Waals surface area contributed by atoms with Crippen LogP contribution in [0.4, 0.5) is 4.39 Å². The molecule has 1 atom stereocenters. The molecule has 78 valence electrons. The van der Waals surface area contributed by atoms with Crippen molar-refractivity contribution in [1.82, 2.24) is 0 Å². The highest BCUT2D eigenvalue weighted by Crippen LogP contribution is 2.25. The number of benzene rings is 1. The topological polar surface area (TPSA) is 26.0 Å². The molecule has 0 amide bonds. The Hall–Kier alpha value is -1.19. The summed E-state index contributed by atoms with van der Waals surface area (Å²) >= 11 is 1.63. The van der Waals surface area contributed by atoms with Crippen LogP contribution in [0.2, 0.25) is 0 Å². The third kappa shape index (κ3) is 2.08. The minimum atomic E-state index is -0.365. The van der Waals surface area contributed by atoms with E-state index in [-0.39, 0.29) is 11.9 Å². The molecule has 0 saturated heterocycles. The quantitative estimate of drug-likeness (QED) is 0.827. The lowest BCUT2D eigenvalue weighted by molar-refractivity contribution is 0.600. The van der Waals surface area contributed by atoms with E-state index in [2.05, 4.69) is 0 Å². The Morgan fingerprint density at radius 3 is 2.67 bits per heavy atom. The molecule has 0 aliphatic heterocycles. The number of hydrogen-bond donors (Lipinski definition) is 1. The average Bonchev–Trinajstić information content (AvgIpc) is 2.65. The third-order valence-corrected chi connectivity index (χ3v) is 3.23. The summed E-state index contributed by atoms with van der Waals surface area (Å²) in [6, 6.07) is 8.28. The van der Waals surface area contributed by atoms with Gasteiger partial charge in [0.2, 0.25) is 0 Å². The lowest BCUT2D eigenvalue weighted by Crippen LogP contribution is -2.12. The van der Waals surface area contributed by atoms with Gasteiger partial charge in [-0.1, -0.05) is 18.2 Å². The number of nitrogens with two attached hydrogens (primary N) is 1. The molecule has 1 unspecified atom stereocenters. The number of thiophene rings is 1. The molecule has 2 aromatic rings. The summed E-state index contributed by atoms with van der Waals surface area (Å²) in [5.74, 6) is -0.242. The van der Waals surface area contributed by atoms with Gasteiger partial charge in [-0.25, -0.2) is 4.39 Å². The molecule has 1 nitrogen and oxygen atoms in total. The van der Waals surface area contributed by atoms with E-state index in [0.29, 0.717) is 5.56 Å². The molecule has 0 saturated carbocycles. The monoisotopic (exact) mass is 221 g/mol. The summed E-state index contributed by atoms with van der Waals surface area (Å²) < 4.78 is 13.5. The van der Waals surface area contributed by atoms with E-state index in [1.807, 2.05) is 18.4 Å². The Morgan fingerprint density at radius 1 is 1.33 bits per heavy atom. The zero-order valence-electron chi connectivity index (χ0n) is 8.41. The summed E-state index contributed by atoms with van der Waals surface area (Å²) in [6.45, 7) is 2.02. The first kappa shape index (κ1) is 10.3. The van der Waals surface area contributed by atoms with Crippen LogP contribution in [-0.2, 0) is 0 Å². The van der Waals surface area contributed by atoms with Crippen molar-refractivity contribution in [3.63, 3.8) is 0 Å². The van der Waals surface area contributed by atoms with E-state index < -0.39 is 0 Å². The van der Waals surface area contributed by atoms with Crippen LogP contribution in [0.15, 0.2) is 35.7 Å². The standard InChI is InChI=1S/C12H12FNS/c1-8-6-9(7-15-8)12(14)10-4-2-3-5-11(10)13/h2-7,12H,14H2,1H3. The SMILES string of the molecule is Cc1cc(C(N)c2ccccc2F)cs1. The highest BCUT2D eigenvalue weighted by atomic mass is 32.1. The average molecular weight is 221 g/mol. The maximum atomic E-state index is 13.5. The Morgan fingerprint density at radius 2 is 2.07 bits per heavy atom. The maximum Gasteiger partial charge on any atom is 0.128 e. The van der Waals surface area contributed by atoms with Crippen molar-refractivity contribution >= 4 is 11.3 Å². The molecule has 0 aliphatic rings. The Balaban J connectivity index is 2.36. The second-order valence-corrected chi connectivity index (χ2v) is 4.61. The second kappa shape index (κ2) is 4.13. The predicted octanol–water partition coefficient (Wildman–Crippen LogP) is 3.24. The molecule has 15 heavy (non-hydrogen) atoms. The molecule has 3 heteroatoms. The Labute approximate surface area is 92.4 Å². The maximum absolute atomic E-state index is 13.5. The lowest BCUT2D eigenvalue weighted by atomic mass is 10.0. The molecular weight excluding hydrogens is 209 g/mol. The Bertz CT molecular complexity index is 464. The first-order valence-electron chi connectivity index (χ1n) is 4.73. The van der Waals surface area contributed by atoms with E-state index in [1.54, 1.807) is 29.5 Å². The van der Waals surface area contributed by atoms with Gasteiger partial charge in [0.15, 0.2) is 0 Å².